The molecular formula is C2H2Br4Ni. The fourth-order valence-electron chi connectivity index (χ4n) is 0. The van der Waals surface area contributed by atoms with Crippen molar-refractivity contribution in [1.82, 2.24) is 0 Å². The average molecular weight is 404 g/mol. The van der Waals surface area contributed by atoms with Crippen molar-refractivity contribution < 1.29 is 16.5 Å². The quantitative estimate of drug-likeness (QED) is 0.430. The normalized spacial score (nSPS) is 10.3. The van der Waals surface area contributed by atoms with E-state index in [2.05, 4.69) is 63.7 Å². The Bertz CT molecular complexity index is 39.4. The van der Waals surface area contributed by atoms with E-state index in [9.17, 15) is 0 Å². The third kappa shape index (κ3) is 11.8. The molecule has 0 unspecified atom stereocenters. The van der Waals surface area contributed by atoms with Gasteiger partial charge in [0.05, 0.1) is 0 Å². The number of alkyl halides is 4. The Morgan fingerprint density at radius 2 is 1.29 bits per heavy atom. The van der Waals surface area contributed by atoms with Crippen LogP contribution in [0.2, 0.25) is 0 Å². The second kappa shape index (κ2) is 5.22. The summed E-state index contributed by atoms with van der Waals surface area (Å²) in [6.45, 7) is 0. The predicted molar refractivity (Wildman–Crippen MR) is 43.3 cm³/mol. The van der Waals surface area contributed by atoms with Crippen molar-refractivity contribution in [2.24, 2.45) is 0 Å². The number of hydrogen-bond donors (Lipinski definition) is 0. The summed E-state index contributed by atoms with van der Waals surface area (Å²) in [5.74, 6) is 0. The van der Waals surface area contributed by atoms with Crippen molar-refractivity contribution in [3.63, 3.8) is 0 Å². The van der Waals surface area contributed by atoms with Crippen LogP contribution in [0.5, 0.6) is 0 Å². The van der Waals surface area contributed by atoms with Gasteiger partial charge in [-0.05, 0) is 0 Å². The molecular weight excluding hydrogens is 402 g/mol. The monoisotopic (exact) mass is 400 g/mol. The van der Waals surface area contributed by atoms with E-state index < -0.39 is 0 Å². The predicted octanol–water partition coefficient (Wildman–Crippen LogP) is 3.22. The molecule has 0 aromatic carbocycles. The van der Waals surface area contributed by atoms with E-state index in [0.29, 0.717) is 0 Å². The molecule has 0 heterocycles. The Kier molecular flexibility index (Phi) is 9.04. The summed E-state index contributed by atoms with van der Waals surface area (Å²) in [6, 6.07) is 0. The standard InChI is InChI=1S/C2H2Br4.Ni/c3-1-2(4,5)6;/h1H2;. The molecule has 0 saturated heterocycles. The first kappa shape index (κ1) is 12.1. The molecule has 48 valence electrons. The van der Waals surface area contributed by atoms with Crippen LogP contribution >= 0.6 is 63.7 Å². The van der Waals surface area contributed by atoms with Gasteiger partial charge >= 0.3 is 0 Å². The smallest absolute Gasteiger partial charge is 0.0894 e. The van der Waals surface area contributed by atoms with Crippen molar-refractivity contribution in [1.29, 1.82) is 0 Å². The fraction of sp³-hybridized carbons (Fsp3) is 1.00. The Morgan fingerprint density at radius 1 is 1.14 bits per heavy atom. The summed E-state index contributed by atoms with van der Waals surface area (Å²) in [7, 11) is 0. The molecule has 0 radical (unpaired) electrons. The van der Waals surface area contributed by atoms with Crippen LogP contribution in [0.1, 0.15) is 0 Å². The molecule has 0 N–H and O–H groups in total. The van der Waals surface area contributed by atoms with Gasteiger partial charge in [-0.1, -0.05) is 63.7 Å². The Labute approximate surface area is 86.6 Å². The van der Waals surface area contributed by atoms with Crippen molar-refractivity contribution >= 4 is 63.7 Å². The maximum Gasteiger partial charge on any atom is 0.144 e. The summed E-state index contributed by atoms with van der Waals surface area (Å²) < 4.78 is -0.104. The van der Waals surface area contributed by atoms with Crippen molar-refractivity contribution in [2.75, 3.05) is 5.33 Å². The van der Waals surface area contributed by atoms with Crippen LogP contribution in [-0.2, 0) is 16.5 Å². The minimum atomic E-state index is -0.104. The molecule has 0 atom stereocenters. The molecule has 0 rings (SSSR count). The van der Waals surface area contributed by atoms with Gasteiger partial charge in [0, 0.05) is 21.8 Å². The van der Waals surface area contributed by atoms with Crippen LogP contribution in [0, 0.1) is 0 Å². The third-order valence-corrected chi connectivity index (χ3v) is 4.09. The van der Waals surface area contributed by atoms with Gasteiger partial charge in [-0.15, -0.1) is 0 Å². The van der Waals surface area contributed by atoms with Gasteiger partial charge in [-0.3, -0.25) is 0 Å². The van der Waals surface area contributed by atoms with E-state index >= 15 is 0 Å². The van der Waals surface area contributed by atoms with Crippen molar-refractivity contribution in [3.05, 3.63) is 0 Å². The van der Waals surface area contributed by atoms with Gasteiger partial charge in [-0.2, -0.15) is 0 Å². The SMILES string of the molecule is BrCC(Br)(Br)Br.[Ni]. The van der Waals surface area contributed by atoms with Crippen molar-refractivity contribution in [2.45, 2.75) is 2.14 Å². The zero-order valence-corrected chi connectivity index (χ0v) is 10.4. The molecule has 0 aliphatic carbocycles. The summed E-state index contributed by atoms with van der Waals surface area (Å²) >= 11 is 13.0. The molecule has 0 aromatic rings. The zero-order chi connectivity index (χ0) is 5.21. The van der Waals surface area contributed by atoms with Crippen LogP contribution in [0.25, 0.3) is 0 Å². The molecule has 0 bridgehead atoms. The zero-order valence-electron chi connectivity index (χ0n) is 3.04. The van der Waals surface area contributed by atoms with Crippen LogP contribution in [0.3, 0.4) is 0 Å². The molecule has 0 spiro atoms. The molecule has 5 heteroatoms. The minimum Gasteiger partial charge on any atom is -0.0894 e. The van der Waals surface area contributed by atoms with Crippen molar-refractivity contribution in [3.8, 4) is 0 Å². The molecule has 0 fully saturated rings. The van der Waals surface area contributed by atoms with Gasteiger partial charge in [-0.25, -0.2) is 0 Å². The van der Waals surface area contributed by atoms with Gasteiger partial charge in [0.1, 0.15) is 2.14 Å². The van der Waals surface area contributed by atoms with Crippen LogP contribution < -0.4 is 0 Å². The van der Waals surface area contributed by atoms with Gasteiger partial charge in [0.25, 0.3) is 0 Å². The largest absolute Gasteiger partial charge is 0.144 e. The topological polar surface area (TPSA) is 0 Å². The maximum absolute atomic E-state index is 3.26. The van der Waals surface area contributed by atoms with E-state index in [-0.39, 0.29) is 18.6 Å². The third-order valence-electron chi connectivity index (χ3n) is 0.152. The molecule has 0 saturated carbocycles. The Morgan fingerprint density at radius 3 is 1.29 bits per heavy atom. The Hall–Kier alpha value is 2.41. The fourth-order valence-corrected chi connectivity index (χ4v) is 0. The first-order valence-corrected chi connectivity index (χ1v) is 4.69. The molecule has 0 amide bonds. The van der Waals surface area contributed by atoms with Gasteiger partial charge < -0.3 is 0 Å². The average Bonchev–Trinajstić information content (AvgIpc) is 1.35. The van der Waals surface area contributed by atoms with Gasteiger partial charge in [0.2, 0.25) is 0 Å². The molecule has 7 heavy (non-hydrogen) atoms. The van der Waals surface area contributed by atoms with E-state index in [1.807, 2.05) is 0 Å². The van der Waals surface area contributed by atoms with E-state index in [4.69, 9.17) is 0 Å². The minimum absolute atomic E-state index is 0. The maximum atomic E-state index is 3.26. The van der Waals surface area contributed by atoms with Crippen LogP contribution in [-0.4, -0.2) is 7.47 Å². The first-order valence-electron chi connectivity index (χ1n) is 1.19. The summed E-state index contributed by atoms with van der Waals surface area (Å²) in [4.78, 5) is 0. The number of rotatable bonds is 0. The second-order valence-corrected chi connectivity index (χ2v) is 8.56. The second-order valence-electron chi connectivity index (χ2n) is 0.749. The molecule has 0 aliphatic heterocycles. The first-order chi connectivity index (χ1) is 2.56. The van der Waals surface area contributed by atoms with Crippen LogP contribution in [0.4, 0.5) is 0 Å². The van der Waals surface area contributed by atoms with Gasteiger partial charge in [0.15, 0.2) is 0 Å². The molecule has 0 nitrogen and oxygen atoms in total. The molecule has 0 aromatic heterocycles. The van der Waals surface area contributed by atoms with E-state index in [1.165, 1.54) is 0 Å². The number of hydrogen-bond acceptors (Lipinski definition) is 0. The summed E-state index contributed by atoms with van der Waals surface area (Å²) in [5, 5.41) is 0.833. The molecule has 0 aliphatic rings. The summed E-state index contributed by atoms with van der Waals surface area (Å²) in [6.07, 6.45) is 0. The Balaban J connectivity index is 0. The van der Waals surface area contributed by atoms with Crippen LogP contribution in [0.15, 0.2) is 0 Å². The summed E-state index contributed by atoms with van der Waals surface area (Å²) in [5.41, 5.74) is 0. The van der Waals surface area contributed by atoms with E-state index in [1.54, 1.807) is 0 Å². The van der Waals surface area contributed by atoms with E-state index in [0.717, 1.165) is 5.33 Å². The number of halogens is 4.